The minimum Gasteiger partial charge on any atom is -0.349 e. The van der Waals surface area contributed by atoms with Crippen molar-refractivity contribution in [3.05, 3.63) is 77.1 Å². The number of H-pyrrole nitrogens is 1. The van der Waals surface area contributed by atoms with E-state index in [1.54, 1.807) is 31.2 Å². The molecule has 3 aromatic rings. The van der Waals surface area contributed by atoms with Crippen LogP contribution < -0.4 is 16.0 Å². The van der Waals surface area contributed by atoms with Gasteiger partial charge in [0.2, 0.25) is 0 Å². The number of nitrogens with one attached hydrogen (secondary N) is 4. The predicted molar refractivity (Wildman–Crippen MR) is 135 cm³/mol. The third-order valence-corrected chi connectivity index (χ3v) is 6.32. The van der Waals surface area contributed by atoms with Gasteiger partial charge in [0.15, 0.2) is 5.69 Å². The van der Waals surface area contributed by atoms with Crippen molar-refractivity contribution in [2.24, 2.45) is 0 Å². The molecule has 188 valence electrons. The highest BCUT2D eigenvalue weighted by molar-refractivity contribution is 6.10. The quantitative estimate of drug-likeness (QED) is 0.383. The maximum absolute atomic E-state index is 13.3. The number of hydrogen-bond acceptors (Lipinski definition) is 5. The Bertz CT molecular complexity index is 1260. The molecule has 10 heteroatoms. The summed E-state index contributed by atoms with van der Waals surface area (Å²) in [5.41, 5.74) is 1.97. The van der Waals surface area contributed by atoms with Gasteiger partial charge in [-0.05, 0) is 80.9 Å². The summed E-state index contributed by atoms with van der Waals surface area (Å²) in [7, 11) is 0. The number of aryl methyl sites for hydroxylation is 1. The minimum absolute atomic E-state index is 0.00423. The molecule has 1 unspecified atom stereocenters. The molecule has 1 aliphatic heterocycles. The Hall–Kier alpha value is -4.05. The fourth-order valence-corrected chi connectivity index (χ4v) is 4.39. The summed E-state index contributed by atoms with van der Waals surface area (Å²) in [6, 6.07) is 10.8. The molecule has 3 amide bonds. The first-order valence-corrected chi connectivity index (χ1v) is 11.9. The van der Waals surface area contributed by atoms with E-state index >= 15 is 0 Å². The van der Waals surface area contributed by atoms with E-state index in [-0.39, 0.29) is 23.2 Å². The molecule has 1 aromatic heterocycles. The fraction of sp³-hybridized carbons (Fsp3) is 0.308. The lowest BCUT2D eigenvalue weighted by atomic mass is 10.1. The van der Waals surface area contributed by atoms with Crippen LogP contribution >= 0.6 is 0 Å². The van der Waals surface area contributed by atoms with E-state index in [0.717, 1.165) is 25.9 Å². The standard InChI is InChI=1S/C26H29FN6O3/c1-3-33-12-4-5-20(33)14-28-25(35)22-23(30-15-29-22)26(36)32-19-9-7-18(8-10-19)31-24(34)21-11-6-17(27)13-16(21)2/h6-11,13,15,20H,3-5,12,14H2,1-2H3,(H,28,35)(H,29,30)(H,31,34)(H,32,36). The smallest absolute Gasteiger partial charge is 0.276 e. The fourth-order valence-electron chi connectivity index (χ4n) is 4.39. The van der Waals surface area contributed by atoms with Crippen molar-refractivity contribution in [2.75, 3.05) is 30.3 Å². The van der Waals surface area contributed by atoms with Crippen molar-refractivity contribution in [1.29, 1.82) is 0 Å². The molecule has 36 heavy (non-hydrogen) atoms. The second-order valence-electron chi connectivity index (χ2n) is 8.71. The Morgan fingerprint density at radius 3 is 2.42 bits per heavy atom. The van der Waals surface area contributed by atoms with Crippen molar-refractivity contribution >= 4 is 29.1 Å². The molecule has 4 rings (SSSR count). The maximum Gasteiger partial charge on any atom is 0.276 e. The van der Waals surface area contributed by atoms with E-state index in [1.807, 2.05) is 0 Å². The van der Waals surface area contributed by atoms with E-state index in [0.29, 0.717) is 35.1 Å². The van der Waals surface area contributed by atoms with Crippen molar-refractivity contribution < 1.29 is 18.8 Å². The van der Waals surface area contributed by atoms with Gasteiger partial charge in [-0.25, -0.2) is 9.37 Å². The lowest BCUT2D eigenvalue weighted by Gasteiger charge is -2.22. The van der Waals surface area contributed by atoms with Gasteiger partial charge < -0.3 is 20.9 Å². The van der Waals surface area contributed by atoms with Gasteiger partial charge in [-0.2, -0.15) is 0 Å². The number of hydrogen-bond donors (Lipinski definition) is 4. The zero-order chi connectivity index (χ0) is 25.7. The summed E-state index contributed by atoms with van der Waals surface area (Å²) in [6.45, 7) is 6.24. The second-order valence-corrected chi connectivity index (χ2v) is 8.71. The van der Waals surface area contributed by atoms with Crippen LogP contribution in [0, 0.1) is 12.7 Å². The molecule has 0 bridgehead atoms. The topological polar surface area (TPSA) is 119 Å². The van der Waals surface area contributed by atoms with Crippen molar-refractivity contribution in [2.45, 2.75) is 32.7 Å². The SMILES string of the molecule is CCN1CCCC1CNC(=O)c1[nH]cnc1C(=O)Nc1ccc(NC(=O)c2ccc(F)cc2C)cc1. The number of nitrogens with zero attached hydrogens (tertiary/aromatic N) is 2. The van der Waals surface area contributed by atoms with Crippen LogP contribution in [-0.4, -0.2) is 58.3 Å². The van der Waals surface area contributed by atoms with Gasteiger partial charge in [-0.1, -0.05) is 6.92 Å². The molecule has 9 nitrogen and oxygen atoms in total. The molecule has 1 fully saturated rings. The first-order valence-electron chi connectivity index (χ1n) is 11.9. The van der Waals surface area contributed by atoms with Crippen LogP contribution in [0.15, 0.2) is 48.8 Å². The lowest BCUT2D eigenvalue weighted by Crippen LogP contribution is -2.40. The van der Waals surface area contributed by atoms with Gasteiger partial charge in [0, 0.05) is 29.5 Å². The zero-order valence-electron chi connectivity index (χ0n) is 20.2. The number of benzene rings is 2. The molecule has 2 heterocycles. The van der Waals surface area contributed by atoms with Crippen LogP contribution in [0.25, 0.3) is 0 Å². The van der Waals surface area contributed by atoms with Crippen LogP contribution in [0.3, 0.4) is 0 Å². The van der Waals surface area contributed by atoms with Crippen LogP contribution in [0.4, 0.5) is 15.8 Å². The Kier molecular flexibility index (Phi) is 7.74. The van der Waals surface area contributed by atoms with Crippen LogP contribution in [0.5, 0.6) is 0 Å². The molecule has 2 aromatic carbocycles. The number of carbonyl (C=O) groups excluding carboxylic acids is 3. The molecule has 0 spiro atoms. The molecule has 1 saturated heterocycles. The number of rotatable bonds is 8. The molecular weight excluding hydrogens is 463 g/mol. The molecule has 0 aliphatic carbocycles. The number of aromatic amines is 1. The summed E-state index contributed by atoms with van der Waals surface area (Å²) < 4.78 is 13.3. The Morgan fingerprint density at radius 1 is 1.06 bits per heavy atom. The number of carbonyl (C=O) groups is 3. The molecule has 4 N–H and O–H groups in total. The molecule has 0 saturated carbocycles. The number of likely N-dealkylation sites (N-methyl/N-ethyl adjacent to an activating group) is 1. The number of aromatic nitrogens is 2. The molecule has 0 radical (unpaired) electrons. The van der Waals surface area contributed by atoms with Gasteiger partial charge >= 0.3 is 0 Å². The van der Waals surface area contributed by atoms with Crippen LogP contribution in [0.2, 0.25) is 0 Å². The number of halogens is 1. The van der Waals surface area contributed by atoms with Gasteiger partial charge in [-0.3, -0.25) is 19.3 Å². The van der Waals surface area contributed by atoms with Crippen LogP contribution in [-0.2, 0) is 0 Å². The molecular formula is C26H29FN6O3. The maximum atomic E-state index is 13.3. The number of imidazole rings is 1. The minimum atomic E-state index is -0.531. The summed E-state index contributed by atoms with van der Waals surface area (Å²) in [6.07, 6.45) is 3.46. The first kappa shape index (κ1) is 25.1. The van der Waals surface area contributed by atoms with Gasteiger partial charge in [-0.15, -0.1) is 0 Å². The average Bonchev–Trinajstić information content (AvgIpc) is 3.53. The Labute approximate surface area is 208 Å². The monoisotopic (exact) mass is 492 g/mol. The number of amides is 3. The van der Waals surface area contributed by atoms with E-state index < -0.39 is 11.7 Å². The first-order chi connectivity index (χ1) is 17.4. The molecule has 1 aliphatic rings. The zero-order valence-corrected chi connectivity index (χ0v) is 20.2. The van der Waals surface area contributed by atoms with Crippen LogP contribution in [0.1, 0.15) is 56.7 Å². The van der Waals surface area contributed by atoms with Crippen molar-refractivity contribution in [3.63, 3.8) is 0 Å². The highest BCUT2D eigenvalue weighted by Gasteiger charge is 2.25. The third-order valence-electron chi connectivity index (χ3n) is 6.32. The average molecular weight is 493 g/mol. The van der Waals surface area contributed by atoms with Crippen molar-refractivity contribution in [1.82, 2.24) is 20.2 Å². The van der Waals surface area contributed by atoms with Gasteiger partial charge in [0.05, 0.1) is 6.33 Å². The Balaban J connectivity index is 1.35. The summed E-state index contributed by atoms with van der Waals surface area (Å²) in [4.78, 5) is 47.1. The number of anilines is 2. The lowest BCUT2D eigenvalue weighted by molar-refractivity contribution is 0.0924. The van der Waals surface area contributed by atoms with Gasteiger partial charge in [0.1, 0.15) is 11.5 Å². The van der Waals surface area contributed by atoms with E-state index in [2.05, 4.69) is 37.7 Å². The van der Waals surface area contributed by atoms with E-state index in [4.69, 9.17) is 0 Å². The Morgan fingerprint density at radius 2 is 1.75 bits per heavy atom. The van der Waals surface area contributed by atoms with E-state index in [9.17, 15) is 18.8 Å². The normalized spacial score (nSPS) is 15.5. The summed E-state index contributed by atoms with van der Waals surface area (Å²) in [5, 5.41) is 8.37. The highest BCUT2D eigenvalue weighted by Crippen LogP contribution is 2.18. The predicted octanol–water partition coefficient (Wildman–Crippen LogP) is 3.58. The summed E-state index contributed by atoms with van der Waals surface area (Å²) in [5.74, 6) is -1.68. The molecule has 1 atom stereocenters. The highest BCUT2D eigenvalue weighted by atomic mass is 19.1. The van der Waals surface area contributed by atoms with Gasteiger partial charge in [0.25, 0.3) is 17.7 Å². The van der Waals surface area contributed by atoms with Crippen molar-refractivity contribution in [3.8, 4) is 0 Å². The largest absolute Gasteiger partial charge is 0.349 e. The second kappa shape index (κ2) is 11.1. The third kappa shape index (κ3) is 5.77. The van der Waals surface area contributed by atoms with E-state index in [1.165, 1.54) is 24.5 Å². The number of likely N-dealkylation sites (tertiary alicyclic amines) is 1. The summed E-state index contributed by atoms with van der Waals surface area (Å²) >= 11 is 0.